The Bertz CT molecular complexity index is 931. The van der Waals surface area contributed by atoms with E-state index in [2.05, 4.69) is 20.6 Å². The number of hydrogen-bond acceptors (Lipinski definition) is 4. The van der Waals surface area contributed by atoms with E-state index in [1.54, 1.807) is 49.4 Å². The number of amides is 1. The fourth-order valence-electron chi connectivity index (χ4n) is 2.34. The highest BCUT2D eigenvalue weighted by Crippen LogP contribution is 2.18. The molecule has 0 bridgehead atoms. The van der Waals surface area contributed by atoms with Gasteiger partial charge >= 0.3 is 0 Å². The van der Waals surface area contributed by atoms with E-state index in [-0.39, 0.29) is 18.1 Å². The van der Waals surface area contributed by atoms with Crippen LogP contribution in [0, 0.1) is 12.7 Å². The predicted octanol–water partition coefficient (Wildman–Crippen LogP) is 4.25. The highest BCUT2D eigenvalue weighted by molar-refractivity contribution is 6.30. The quantitative estimate of drug-likeness (QED) is 0.704. The summed E-state index contributed by atoms with van der Waals surface area (Å²) >= 11 is 5.87. The number of rotatable bonds is 5. The van der Waals surface area contributed by atoms with Gasteiger partial charge in [0, 0.05) is 28.9 Å². The maximum Gasteiger partial charge on any atom is 0.270 e. The van der Waals surface area contributed by atoms with E-state index >= 15 is 0 Å². The Kier molecular flexibility index (Phi) is 5.43. The zero-order chi connectivity index (χ0) is 18.5. The summed E-state index contributed by atoms with van der Waals surface area (Å²) < 4.78 is 13.6. The van der Waals surface area contributed by atoms with E-state index in [0.29, 0.717) is 22.2 Å². The van der Waals surface area contributed by atoms with Crippen molar-refractivity contribution in [3.8, 4) is 0 Å². The number of carbonyl (C=O) groups excluding carboxylic acids is 1. The van der Waals surface area contributed by atoms with Crippen LogP contribution in [0.4, 0.5) is 15.9 Å². The fraction of sp³-hybridized carbons (Fsp3) is 0.105. The molecule has 0 spiro atoms. The molecule has 0 saturated carbocycles. The lowest BCUT2D eigenvalue weighted by atomic mass is 10.2. The molecule has 2 N–H and O–H groups in total. The van der Waals surface area contributed by atoms with E-state index in [1.165, 1.54) is 12.1 Å². The van der Waals surface area contributed by atoms with Crippen molar-refractivity contribution in [3.63, 3.8) is 0 Å². The average molecular weight is 371 g/mol. The Balaban J connectivity index is 1.73. The minimum atomic E-state index is -0.405. The van der Waals surface area contributed by atoms with E-state index in [4.69, 9.17) is 11.6 Å². The van der Waals surface area contributed by atoms with Gasteiger partial charge in [-0.3, -0.25) is 4.79 Å². The molecule has 0 aliphatic carbocycles. The molecule has 0 radical (unpaired) electrons. The zero-order valence-electron chi connectivity index (χ0n) is 14.0. The van der Waals surface area contributed by atoms with Gasteiger partial charge < -0.3 is 10.6 Å². The Hall–Kier alpha value is -2.99. The van der Waals surface area contributed by atoms with Crippen molar-refractivity contribution in [2.24, 2.45) is 0 Å². The van der Waals surface area contributed by atoms with Crippen LogP contribution < -0.4 is 10.6 Å². The average Bonchev–Trinajstić information content (AvgIpc) is 2.62. The SMILES string of the molecule is Cc1nc(Nc2ccc(Cl)cc2)cc(C(=O)NCc2ccccc2F)n1. The molecule has 1 aromatic heterocycles. The second-order valence-corrected chi connectivity index (χ2v) is 6.03. The zero-order valence-corrected chi connectivity index (χ0v) is 14.7. The molecule has 5 nitrogen and oxygen atoms in total. The number of nitrogens with one attached hydrogen (secondary N) is 2. The van der Waals surface area contributed by atoms with Crippen molar-refractivity contribution >= 4 is 29.0 Å². The lowest BCUT2D eigenvalue weighted by Gasteiger charge is -2.10. The molecule has 0 aliphatic heterocycles. The highest BCUT2D eigenvalue weighted by Gasteiger charge is 2.11. The summed E-state index contributed by atoms with van der Waals surface area (Å²) in [5, 5.41) is 6.40. The molecular formula is C19H16ClFN4O. The molecule has 0 atom stereocenters. The molecule has 1 heterocycles. The first-order valence-electron chi connectivity index (χ1n) is 7.91. The summed E-state index contributed by atoms with van der Waals surface area (Å²) in [5.74, 6) is 0.158. The molecule has 26 heavy (non-hydrogen) atoms. The van der Waals surface area contributed by atoms with Crippen LogP contribution in [0.5, 0.6) is 0 Å². The minimum Gasteiger partial charge on any atom is -0.347 e. The third kappa shape index (κ3) is 4.55. The monoisotopic (exact) mass is 370 g/mol. The first-order valence-corrected chi connectivity index (χ1v) is 8.29. The van der Waals surface area contributed by atoms with Gasteiger partial charge in [0.2, 0.25) is 0 Å². The van der Waals surface area contributed by atoms with Crippen molar-refractivity contribution in [3.05, 3.63) is 82.5 Å². The number of aryl methyl sites for hydroxylation is 1. The van der Waals surface area contributed by atoms with Gasteiger partial charge in [-0.1, -0.05) is 29.8 Å². The van der Waals surface area contributed by atoms with Gasteiger partial charge in [0.15, 0.2) is 0 Å². The van der Waals surface area contributed by atoms with Gasteiger partial charge in [-0.15, -0.1) is 0 Å². The van der Waals surface area contributed by atoms with Crippen LogP contribution in [0.15, 0.2) is 54.6 Å². The van der Waals surface area contributed by atoms with Crippen molar-refractivity contribution in [2.75, 3.05) is 5.32 Å². The lowest BCUT2D eigenvalue weighted by Crippen LogP contribution is -2.25. The molecule has 2 aromatic carbocycles. The van der Waals surface area contributed by atoms with Crippen molar-refractivity contribution in [1.29, 1.82) is 0 Å². The maximum atomic E-state index is 13.6. The lowest BCUT2D eigenvalue weighted by molar-refractivity contribution is 0.0945. The second kappa shape index (κ2) is 7.93. The molecule has 1 amide bonds. The molecule has 132 valence electrons. The number of hydrogen-bond donors (Lipinski definition) is 2. The summed E-state index contributed by atoms with van der Waals surface area (Å²) in [4.78, 5) is 20.8. The van der Waals surface area contributed by atoms with E-state index in [9.17, 15) is 9.18 Å². The van der Waals surface area contributed by atoms with Gasteiger partial charge in [-0.05, 0) is 37.3 Å². The van der Waals surface area contributed by atoms with E-state index in [0.717, 1.165) is 5.69 Å². The maximum absolute atomic E-state index is 13.6. The van der Waals surface area contributed by atoms with Gasteiger partial charge in [0.25, 0.3) is 5.91 Å². The van der Waals surface area contributed by atoms with Crippen LogP contribution in [0.3, 0.4) is 0 Å². The topological polar surface area (TPSA) is 66.9 Å². The molecule has 3 rings (SSSR count). The van der Waals surface area contributed by atoms with E-state index < -0.39 is 5.91 Å². The third-order valence-electron chi connectivity index (χ3n) is 3.58. The predicted molar refractivity (Wildman–Crippen MR) is 99.1 cm³/mol. The van der Waals surface area contributed by atoms with Crippen LogP contribution in [0.1, 0.15) is 21.9 Å². The van der Waals surface area contributed by atoms with Crippen molar-refractivity contribution in [1.82, 2.24) is 15.3 Å². The number of nitrogens with zero attached hydrogens (tertiary/aromatic N) is 2. The summed E-state index contributed by atoms with van der Waals surface area (Å²) in [5.41, 5.74) is 1.39. The van der Waals surface area contributed by atoms with Gasteiger partial charge in [-0.25, -0.2) is 14.4 Å². The minimum absolute atomic E-state index is 0.0779. The molecule has 0 unspecified atom stereocenters. The fourth-order valence-corrected chi connectivity index (χ4v) is 2.46. The first kappa shape index (κ1) is 17.8. The largest absolute Gasteiger partial charge is 0.347 e. The standard InChI is InChI=1S/C19H16ClFN4O/c1-12-23-17(19(26)22-11-13-4-2-3-5-16(13)21)10-18(24-12)25-15-8-6-14(20)7-9-15/h2-10H,11H2,1H3,(H,22,26)(H,23,24,25). The molecule has 0 fully saturated rings. The molecule has 3 aromatic rings. The summed E-state index contributed by atoms with van der Waals surface area (Å²) in [7, 11) is 0. The van der Waals surface area contributed by atoms with Crippen LogP contribution in [0.2, 0.25) is 5.02 Å². The van der Waals surface area contributed by atoms with E-state index in [1.807, 2.05) is 0 Å². The first-order chi connectivity index (χ1) is 12.5. The summed E-state index contributed by atoms with van der Waals surface area (Å²) in [6.07, 6.45) is 0. The Morgan fingerprint density at radius 2 is 1.85 bits per heavy atom. The third-order valence-corrected chi connectivity index (χ3v) is 3.84. The van der Waals surface area contributed by atoms with Crippen LogP contribution in [-0.4, -0.2) is 15.9 Å². The smallest absolute Gasteiger partial charge is 0.270 e. The van der Waals surface area contributed by atoms with Crippen LogP contribution in [0.25, 0.3) is 0 Å². The van der Waals surface area contributed by atoms with Crippen LogP contribution in [-0.2, 0) is 6.54 Å². The van der Waals surface area contributed by atoms with Gasteiger partial charge in [0.05, 0.1) is 0 Å². The second-order valence-electron chi connectivity index (χ2n) is 5.59. The number of anilines is 2. The number of benzene rings is 2. The number of carbonyl (C=O) groups is 1. The van der Waals surface area contributed by atoms with Crippen molar-refractivity contribution < 1.29 is 9.18 Å². The molecule has 0 saturated heterocycles. The Morgan fingerprint density at radius 1 is 1.12 bits per heavy atom. The Labute approximate surface area is 155 Å². The number of aromatic nitrogens is 2. The highest BCUT2D eigenvalue weighted by atomic mass is 35.5. The molecule has 0 aliphatic rings. The molecular weight excluding hydrogens is 355 g/mol. The summed E-state index contributed by atoms with van der Waals surface area (Å²) in [6.45, 7) is 1.77. The Morgan fingerprint density at radius 3 is 2.58 bits per heavy atom. The van der Waals surface area contributed by atoms with Gasteiger partial charge in [-0.2, -0.15) is 0 Å². The van der Waals surface area contributed by atoms with Crippen LogP contribution >= 0.6 is 11.6 Å². The normalized spacial score (nSPS) is 10.4. The summed E-state index contributed by atoms with van der Waals surface area (Å²) in [6, 6.07) is 14.9. The van der Waals surface area contributed by atoms with Gasteiger partial charge in [0.1, 0.15) is 23.2 Å². The number of halogens is 2. The van der Waals surface area contributed by atoms with Crippen molar-refractivity contribution in [2.45, 2.75) is 13.5 Å². The molecule has 7 heteroatoms.